The van der Waals surface area contributed by atoms with E-state index in [2.05, 4.69) is 36.2 Å². The quantitative estimate of drug-likeness (QED) is 0.219. The van der Waals surface area contributed by atoms with E-state index in [4.69, 9.17) is 0 Å². The summed E-state index contributed by atoms with van der Waals surface area (Å²) in [5.74, 6) is 0. The van der Waals surface area contributed by atoms with Gasteiger partial charge < -0.3 is 0 Å². The van der Waals surface area contributed by atoms with Gasteiger partial charge in [-0.15, -0.1) is 0 Å². The normalized spacial score (nSPS) is 11.4. The molecule has 0 saturated carbocycles. The number of rotatable bonds is 16. The zero-order valence-corrected chi connectivity index (χ0v) is 16.0. The molecule has 1 heteroatoms. The van der Waals surface area contributed by atoms with E-state index in [9.17, 15) is 0 Å². The third kappa shape index (κ3) is 13.3. The van der Waals surface area contributed by atoms with Crippen LogP contribution in [0.1, 0.15) is 102 Å². The highest BCUT2D eigenvalue weighted by Gasteiger charge is 1.94. The van der Waals surface area contributed by atoms with Crippen LogP contribution in [0.15, 0.2) is 35.3 Å². The lowest BCUT2D eigenvalue weighted by Crippen LogP contribution is -1.86. The fourth-order valence-corrected chi connectivity index (χ4v) is 3.11. The lowest BCUT2D eigenvalue weighted by molar-refractivity contribution is 0.536. The summed E-state index contributed by atoms with van der Waals surface area (Å²) in [6.45, 7) is 3.27. The molecule has 0 radical (unpaired) electrons. The van der Waals surface area contributed by atoms with Gasteiger partial charge in [-0.25, -0.2) is 0 Å². The largest absolute Gasteiger partial charge is 0.293 e. The van der Waals surface area contributed by atoms with E-state index in [0.717, 1.165) is 6.54 Å². The summed E-state index contributed by atoms with van der Waals surface area (Å²) >= 11 is 0. The second-order valence-electron chi connectivity index (χ2n) is 7.04. The third-order valence-electron chi connectivity index (χ3n) is 4.68. The van der Waals surface area contributed by atoms with Crippen molar-refractivity contribution in [3.63, 3.8) is 0 Å². The lowest BCUT2D eigenvalue weighted by atomic mass is 10.0. The Balaban J connectivity index is 1.75. The number of aliphatic imine (C=N–C) groups is 1. The van der Waals surface area contributed by atoms with E-state index in [1.54, 1.807) is 0 Å². The fourth-order valence-electron chi connectivity index (χ4n) is 3.11. The van der Waals surface area contributed by atoms with E-state index in [1.165, 1.54) is 95.5 Å². The third-order valence-corrected chi connectivity index (χ3v) is 4.68. The first kappa shape index (κ1) is 20.9. The topological polar surface area (TPSA) is 12.4 Å². The van der Waals surface area contributed by atoms with Crippen LogP contribution in [0.4, 0.5) is 0 Å². The van der Waals surface area contributed by atoms with Gasteiger partial charge in [0.15, 0.2) is 0 Å². The van der Waals surface area contributed by atoms with Gasteiger partial charge in [-0.05, 0) is 12.0 Å². The molecular weight excluding hydrogens is 290 g/mol. The predicted octanol–water partition coefficient (Wildman–Crippen LogP) is 7.59. The van der Waals surface area contributed by atoms with Crippen LogP contribution in [-0.2, 0) is 0 Å². The van der Waals surface area contributed by atoms with Crippen molar-refractivity contribution in [1.29, 1.82) is 0 Å². The summed E-state index contributed by atoms with van der Waals surface area (Å²) < 4.78 is 0. The lowest BCUT2D eigenvalue weighted by Gasteiger charge is -2.02. The summed E-state index contributed by atoms with van der Waals surface area (Å²) in [5, 5.41) is 0. The highest BCUT2D eigenvalue weighted by Crippen LogP contribution is 2.12. The molecule has 0 N–H and O–H groups in total. The number of hydrogen-bond acceptors (Lipinski definition) is 1. The first-order chi connectivity index (χ1) is 11.9. The SMILES string of the molecule is CCCCCCCCCCCCCCCCN=Cc1ccccc1. The van der Waals surface area contributed by atoms with E-state index in [0.29, 0.717) is 0 Å². The maximum atomic E-state index is 4.51. The molecule has 0 aliphatic carbocycles. The second kappa shape index (κ2) is 16.7. The molecule has 0 saturated heterocycles. The molecule has 1 rings (SSSR count). The summed E-state index contributed by atoms with van der Waals surface area (Å²) in [5.41, 5.74) is 1.21. The fraction of sp³-hybridized carbons (Fsp3) is 0.696. The molecule has 1 nitrogen and oxygen atoms in total. The van der Waals surface area contributed by atoms with Gasteiger partial charge in [0.1, 0.15) is 0 Å². The maximum Gasteiger partial charge on any atom is 0.0389 e. The van der Waals surface area contributed by atoms with Crippen molar-refractivity contribution < 1.29 is 0 Å². The molecular formula is C23H39N. The molecule has 0 heterocycles. The molecule has 24 heavy (non-hydrogen) atoms. The van der Waals surface area contributed by atoms with Crippen LogP contribution < -0.4 is 0 Å². The van der Waals surface area contributed by atoms with Crippen LogP contribution >= 0.6 is 0 Å². The average Bonchev–Trinajstić information content (AvgIpc) is 2.62. The maximum absolute atomic E-state index is 4.51. The van der Waals surface area contributed by atoms with Gasteiger partial charge in [-0.3, -0.25) is 4.99 Å². The Morgan fingerprint density at radius 1 is 0.625 bits per heavy atom. The molecule has 0 amide bonds. The first-order valence-corrected chi connectivity index (χ1v) is 10.5. The minimum Gasteiger partial charge on any atom is -0.293 e. The number of unbranched alkanes of at least 4 members (excludes halogenated alkanes) is 13. The Bertz CT molecular complexity index is 382. The minimum absolute atomic E-state index is 0.979. The zero-order valence-electron chi connectivity index (χ0n) is 16.0. The predicted molar refractivity (Wildman–Crippen MR) is 109 cm³/mol. The van der Waals surface area contributed by atoms with Crippen molar-refractivity contribution in [2.24, 2.45) is 4.99 Å². The molecule has 0 unspecified atom stereocenters. The van der Waals surface area contributed by atoms with Gasteiger partial charge in [-0.2, -0.15) is 0 Å². The Morgan fingerprint density at radius 2 is 1.08 bits per heavy atom. The monoisotopic (exact) mass is 329 g/mol. The van der Waals surface area contributed by atoms with Crippen molar-refractivity contribution in [2.75, 3.05) is 6.54 Å². The van der Waals surface area contributed by atoms with E-state index < -0.39 is 0 Å². The van der Waals surface area contributed by atoms with Gasteiger partial charge in [0, 0.05) is 12.8 Å². The van der Waals surface area contributed by atoms with Crippen LogP contribution in [-0.4, -0.2) is 12.8 Å². The Hall–Kier alpha value is -1.11. The number of hydrogen-bond donors (Lipinski definition) is 0. The van der Waals surface area contributed by atoms with E-state index in [1.807, 2.05) is 12.3 Å². The van der Waals surface area contributed by atoms with Gasteiger partial charge in [0.05, 0.1) is 0 Å². The van der Waals surface area contributed by atoms with Gasteiger partial charge in [0.2, 0.25) is 0 Å². The van der Waals surface area contributed by atoms with Crippen molar-refractivity contribution >= 4 is 6.21 Å². The first-order valence-electron chi connectivity index (χ1n) is 10.5. The van der Waals surface area contributed by atoms with E-state index >= 15 is 0 Å². The van der Waals surface area contributed by atoms with Crippen LogP contribution in [0.5, 0.6) is 0 Å². The summed E-state index contributed by atoms with van der Waals surface area (Å²) in [6, 6.07) is 10.4. The number of nitrogens with zero attached hydrogens (tertiary/aromatic N) is 1. The molecule has 1 aromatic rings. The van der Waals surface area contributed by atoms with Crippen molar-refractivity contribution in [1.82, 2.24) is 0 Å². The molecule has 0 fully saturated rings. The molecule has 0 bridgehead atoms. The molecule has 1 aromatic carbocycles. The van der Waals surface area contributed by atoms with Crippen molar-refractivity contribution in [3.05, 3.63) is 35.9 Å². The average molecular weight is 330 g/mol. The molecule has 0 atom stereocenters. The van der Waals surface area contributed by atoms with Crippen LogP contribution in [0, 0.1) is 0 Å². The van der Waals surface area contributed by atoms with Gasteiger partial charge in [-0.1, -0.05) is 121 Å². The van der Waals surface area contributed by atoms with Gasteiger partial charge >= 0.3 is 0 Å². The Labute approximate surface area is 151 Å². The Morgan fingerprint density at radius 3 is 1.58 bits per heavy atom. The van der Waals surface area contributed by atoms with Gasteiger partial charge in [0.25, 0.3) is 0 Å². The highest BCUT2D eigenvalue weighted by molar-refractivity contribution is 5.79. The summed E-state index contributed by atoms with van der Waals surface area (Å²) in [6.07, 6.45) is 21.8. The molecule has 0 spiro atoms. The standard InChI is InChI=1S/C23H39N/c1-2-3-4-5-6-7-8-9-10-11-12-13-14-18-21-24-22-23-19-16-15-17-20-23/h15-17,19-20,22H,2-14,18,21H2,1H3. The second-order valence-corrected chi connectivity index (χ2v) is 7.04. The number of benzene rings is 1. The zero-order chi connectivity index (χ0) is 17.1. The highest BCUT2D eigenvalue weighted by atomic mass is 14.7. The summed E-state index contributed by atoms with van der Waals surface area (Å²) in [4.78, 5) is 4.51. The van der Waals surface area contributed by atoms with Crippen LogP contribution in [0.2, 0.25) is 0 Å². The van der Waals surface area contributed by atoms with Crippen LogP contribution in [0.3, 0.4) is 0 Å². The molecule has 0 aliphatic heterocycles. The summed E-state index contributed by atoms with van der Waals surface area (Å²) in [7, 11) is 0. The van der Waals surface area contributed by atoms with Crippen molar-refractivity contribution in [3.8, 4) is 0 Å². The Kier molecular flexibility index (Phi) is 14.6. The smallest absolute Gasteiger partial charge is 0.0389 e. The van der Waals surface area contributed by atoms with Crippen molar-refractivity contribution in [2.45, 2.75) is 96.8 Å². The van der Waals surface area contributed by atoms with Crippen LogP contribution in [0.25, 0.3) is 0 Å². The molecule has 0 aromatic heterocycles. The molecule has 136 valence electrons. The van der Waals surface area contributed by atoms with E-state index in [-0.39, 0.29) is 0 Å². The minimum atomic E-state index is 0.979. The molecule has 0 aliphatic rings.